The maximum absolute atomic E-state index is 5.80. The first-order chi connectivity index (χ1) is 11.2. The fraction of sp³-hybridized carbons (Fsp3) is 0.944. The molecule has 0 unspecified atom stereocenters. The highest BCUT2D eigenvalue weighted by molar-refractivity contribution is 14.0. The summed E-state index contributed by atoms with van der Waals surface area (Å²) < 4.78 is 11.3. The molecule has 1 aliphatic heterocycles. The number of hydrogen-bond acceptors (Lipinski definition) is 3. The molecule has 1 saturated carbocycles. The summed E-state index contributed by atoms with van der Waals surface area (Å²) in [5, 5.41) is 6.89. The standard InChI is InChI=1S/C18H35N3O2.HI/c1-4-17(8-6-7-9-17)14-20-16(19-5-2)21-15-18(22-3)10-12-23-13-11-18;/h4-15H2,1-3H3,(H2,19,20,21);1H. The van der Waals surface area contributed by atoms with Gasteiger partial charge in [-0.25, -0.2) is 0 Å². The van der Waals surface area contributed by atoms with Gasteiger partial charge in [0.15, 0.2) is 5.96 Å². The van der Waals surface area contributed by atoms with Crippen molar-refractivity contribution in [3.63, 3.8) is 0 Å². The van der Waals surface area contributed by atoms with Gasteiger partial charge >= 0.3 is 0 Å². The molecule has 0 amide bonds. The Bertz CT molecular complexity index is 378. The first-order valence-electron chi connectivity index (χ1n) is 9.33. The maximum Gasteiger partial charge on any atom is 0.191 e. The zero-order chi connectivity index (χ0) is 16.6. The molecule has 5 nitrogen and oxygen atoms in total. The van der Waals surface area contributed by atoms with Crippen LogP contribution in [0.4, 0.5) is 0 Å². The van der Waals surface area contributed by atoms with Gasteiger partial charge in [-0.1, -0.05) is 19.8 Å². The molecule has 6 heteroatoms. The third-order valence-corrected chi connectivity index (χ3v) is 5.75. The van der Waals surface area contributed by atoms with Crippen LogP contribution in [0.2, 0.25) is 0 Å². The molecule has 0 bridgehead atoms. The summed E-state index contributed by atoms with van der Waals surface area (Å²) in [5.41, 5.74) is 0.310. The number of nitrogens with one attached hydrogen (secondary N) is 2. The Labute approximate surface area is 164 Å². The number of rotatable bonds is 7. The van der Waals surface area contributed by atoms with Crippen molar-refractivity contribution in [2.24, 2.45) is 10.4 Å². The lowest BCUT2D eigenvalue weighted by molar-refractivity contribution is -0.0855. The van der Waals surface area contributed by atoms with E-state index >= 15 is 0 Å². The van der Waals surface area contributed by atoms with E-state index in [-0.39, 0.29) is 29.6 Å². The second-order valence-electron chi connectivity index (χ2n) is 7.11. The maximum atomic E-state index is 5.80. The SMILES string of the molecule is CCNC(=NCC1(CC)CCCC1)NCC1(OC)CCOCC1.I. The smallest absolute Gasteiger partial charge is 0.191 e. The van der Waals surface area contributed by atoms with Crippen LogP contribution in [0.15, 0.2) is 4.99 Å². The average molecular weight is 453 g/mol. The normalized spacial score (nSPS) is 22.7. The lowest BCUT2D eigenvalue weighted by Gasteiger charge is -2.36. The molecule has 0 aromatic carbocycles. The largest absolute Gasteiger partial charge is 0.381 e. The van der Waals surface area contributed by atoms with Gasteiger partial charge in [0.25, 0.3) is 0 Å². The van der Waals surface area contributed by atoms with Gasteiger partial charge in [0.2, 0.25) is 0 Å². The first kappa shape index (κ1) is 22.0. The summed E-state index contributed by atoms with van der Waals surface area (Å²) in [7, 11) is 1.81. The minimum absolute atomic E-state index is 0. The van der Waals surface area contributed by atoms with E-state index in [1.165, 1.54) is 32.1 Å². The summed E-state index contributed by atoms with van der Waals surface area (Å²) in [6.45, 7) is 8.59. The van der Waals surface area contributed by atoms with Gasteiger partial charge in [-0.3, -0.25) is 4.99 Å². The second-order valence-corrected chi connectivity index (χ2v) is 7.11. The Kier molecular flexibility index (Phi) is 9.89. The van der Waals surface area contributed by atoms with E-state index in [2.05, 4.69) is 24.5 Å². The van der Waals surface area contributed by atoms with Gasteiger partial charge in [0, 0.05) is 52.8 Å². The van der Waals surface area contributed by atoms with Crippen molar-refractivity contribution in [1.29, 1.82) is 0 Å². The van der Waals surface area contributed by atoms with Gasteiger partial charge in [-0.2, -0.15) is 0 Å². The number of nitrogens with zero attached hydrogens (tertiary/aromatic N) is 1. The van der Waals surface area contributed by atoms with E-state index in [9.17, 15) is 0 Å². The van der Waals surface area contributed by atoms with E-state index in [1.54, 1.807) is 0 Å². The van der Waals surface area contributed by atoms with Crippen molar-refractivity contribution in [3.8, 4) is 0 Å². The number of ether oxygens (including phenoxy) is 2. The Morgan fingerprint density at radius 3 is 2.29 bits per heavy atom. The third-order valence-electron chi connectivity index (χ3n) is 5.75. The van der Waals surface area contributed by atoms with E-state index in [0.717, 1.165) is 51.6 Å². The molecule has 2 N–H and O–H groups in total. The Morgan fingerprint density at radius 2 is 1.75 bits per heavy atom. The quantitative estimate of drug-likeness (QED) is 0.353. The summed E-state index contributed by atoms with van der Waals surface area (Å²) in [5.74, 6) is 0.926. The monoisotopic (exact) mass is 453 g/mol. The van der Waals surface area contributed by atoms with Crippen LogP contribution in [0, 0.1) is 5.41 Å². The summed E-state index contributed by atoms with van der Waals surface area (Å²) >= 11 is 0. The van der Waals surface area contributed by atoms with E-state index in [1.807, 2.05) is 7.11 Å². The highest BCUT2D eigenvalue weighted by atomic mass is 127. The Balaban J connectivity index is 0.00000288. The van der Waals surface area contributed by atoms with Crippen molar-refractivity contribution in [2.45, 2.75) is 64.4 Å². The predicted molar refractivity (Wildman–Crippen MR) is 110 cm³/mol. The molecule has 1 heterocycles. The summed E-state index contributed by atoms with van der Waals surface area (Å²) in [6.07, 6.45) is 8.48. The highest BCUT2D eigenvalue weighted by Crippen LogP contribution is 2.41. The molecule has 1 aliphatic carbocycles. The van der Waals surface area contributed by atoms with Crippen LogP contribution in [-0.4, -0.2) is 51.5 Å². The van der Waals surface area contributed by atoms with Crippen LogP contribution in [-0.2, 0) is 9.47 Å². The number of guanidine groups is 1. The molecule has 2 fully saturated rings. The topological polar surface area (TPSA) is 54.9 Å². The lowest BCUT2D eigenvalue weighted by atomic mass is 9.84. The molecule has 2 rings (SSSR count). The highest BCUT2D eigenvalue weighted by Gasteiger charge is 2.33. The molecule has 142 valence electrons. The van der Waals surface area contributed by atoms with Crippen LogP contribution >= 0.6 is 24.0 Å². The van der Waals surface area contributed by atoms with Gasteiger partial charge < -0.3 is 20.1 Å². The molecule has 0 aromatic heterocycles. The first-order valence-corrected chi connectivity index (χ1v) is 9.33. The average Bonchev–Trinajstić information content (AvgIpc) is 3.08. The van der Waals surface area contributed by atoms with Crippen LogP contribution < -0.4 is 10.6 Å². The third kappa shape index (κ3) is 6.02. The van der Waals surface area contributed by atoms with Crippen LogP contribution in [0.1, 0.15) is 58.8 Å². The van der Waals surface area contributed by atoms with E-state index in [4.69, 9.17) is 14.5 Å². The fourth-order valence-electron chi connectivity index (χ4n) is 3.78. The summed E-state index contributed by atoms with van der Waals surface area (Å²) in [4.78, 5) is 4.90. The molecule has 1 saturated heterocycles. The van der Waals surface area contributed by atoms with Crippen molar-refractivity contribution in [3.05, 3.63) is 0 Å². The predicted octanol–water partition coefficient (Wildman–Crippen LogP) is 3.33. The van der Waals surface area contributed by atoms with Gasteiger partial charge in [0.05, 0.1) is 5.60 Å². The minimum Gasteiger partial charge on any atom is -0.381 e. The van der Waals surface area contributed by atoms with Gasteiger partial charge in [0.1, 0.15) is 0 Å². The Morgan fingerprint density at radius 1 is 1.08 bits per heavy atom. The Hall–Kier alpha value is -0.0800. The minimum atomic E-state index is -0.121. The number of hydrogen-bond donors (Lipinski definition) is 2. The van der Waals surface area contributed by atoms with E-state index in [0.29, 0.717) is 5.41 Å². The summed E-state index contributed by atoms with van der Waals surface area (Å²) in [6, 6.07) is 0. The molecule has 24 heavy (non-hydrogen) atoms. The molecule has 0 radical (unpaired) electrons. The van der Waals surface area contributed by atoms with Gasteiger partial charge in [-0.05, 0) is 31.6 Å². The van der Waals surface area contributed by atoms with Gasteiger partial charge in [-0.15, -0.1) is 24.0 Å². The van der Waals surface area contributed by atoms with Crippen LogP contribution in [0.5, 0.6) is 0 Å². The van der Waals surface area contributed by atoms with Crippen molar-refractivity contribution >= 4 is 29.9 Å². The van der Waals surface area contributed by atoms with Crippen molar-refractivity contribution in [2.75, 3.05) is 40.0 Å². The van der Waals surface area contributed by atoms with Crippen molar-refractivity contribution in [1.82, 2.24) is 10.6 Å². The van der Waals surface area contributed by atoms with Crippen molar-refractivity contribution < 1.29 is 9.47 Å². The van der Waals surface area contributed by atoms with E-state index < -0.39 is 0 Å². The number of halogens is 1. The zero-order valence-electron chi connectivity index (χ0n) is 15.7. The molecule has 2 aliphatic rings. The number of methoxy groups -OCH3 is 1. The molecule has 0 atom stereocenters. The second kappa shape index (κ2) is 10.8. The zero-order valence-corrected chi connectivity index (χ0v) is 18.0. The van der Waals surface area contributed by atoms with Crippen LogP contribution in [0.25, 0.3) is 0 Å². The molecule has 0 spiro atoms. The number of aliphatic imine (C=N–C) groups is 1. The molecule has 0 aromatic rings. The molecular weight excluding hydrogens is 417 g/mol. The fourth-order valence-corrected chi connectivity index (χ4v) is 3.78. The molecular formula is C18H36IN3O2. The lowest BCUT2D eigenvalue weighted by Crippen LogP contribution is -2.51. The van der Waals surface area contributed by atoms with Crippen LogP contribution in [0.3, 0.4) is 0 Å².